The van der Waals surface area contributed by atoms with E-state index in [0.29, 0.717) is 35.3 Å². The molecule has 0 aliphatic rings. The molecule has 0 saturated carbocycles. The first kappa shape index (κ1) is 20.2. The number of rotatable bonds is 8. The number of nitrogens with one attached hydrogen (secondary N) is 1. The number of hydrogen-bond acceptors (Lipinski definition) is 7. The normalized spacial score (nSPS) is 10.7. The second-order valence-electron chi connectivity index (χ2n) is 6.74. The predicted molar refractivity (Wildman–Crippen MR) is 118 cm³/mol. The van der Waals surface area contributed by atoms with E-state index >= 15 is 0 Å². The molecule has 2 aromatic heterocycles. The van der Waals surface area contributed by atoms with Crippen LogP contribution in [0.25, 0.3) is 16.7 Å². The van der Waals surface area contributed by atoms with Gasteiger partial charge in [-0.05, 0) is 23.8 Å². The van der Waals surface area contributed by atoms with Crippen molar-refractivity contribution in [2.24, 2.45) is 0 Å². The molecule has 2 heterocycles. The summed E-state index contributed by atoms with van der Waals surface area (Å²) in [5, 5.41) is 4.10. The van der Waals surface area contributed by atoms with Crippen LogP contribution in [0.3, 0.4) is 0 Å². The number of ether oxygens (including phenoxy) is 3. The molecule has 0 amide bonds. The van der Waals surface area contributed by atoms with Crippen molar-refractivity contribution in [3.8, 4) is 22.9 Å². The maximum absolute atomic E-state index is 10.9. The number of carbonyl (C=O) groups is 1. The second kappa shape index (κ2) is 8.74. The zero-order chi connectivity index (χ0) is 21.8. The Hall–Kier alpha value is -4.07. The van der Waals surface area contributed by atoms with Crippen LogP contribution in [-0.2, 0) is 11.2 Å². The maximum atomic E-state index is 10.9. The van der Waals surface area contributed by atoms with Crippen LogP contribution < -0.4 is 19.5 Å². The molecule has 2 aromatic carbocycles. The number of hydrogen-bond donors (Lipinski definition) is 1. The average Bonchev–Trinajstić information content (AvgIpc) is 3.22. The van der Waals surface area contributed by atoms with E-state index in [2.05, 4.69) is 10.3 Å². The number of carbonyl (C=O) groups excluding carboxylic acids is 1. The van der Waals surface area contributed by atoms with Crippen molar-refractivity contribution in [1.82, 2.24) is 14.5 Å². The van der Waals surface area contributed by atoms with Crippen molar-refractivity contribution in [2.75, 3.05) is 26.6 Å². The van der Waals surface area contributed by atoms with Crippen molar-refractivity contribution in [3.05, 3.63) is 60.4 Å². The van der Waals surface area contributed by atoms with Crippen molar-refractivity contribution in [1.29, 1.82) is 0 Å². The van der Waals surface area contributed by atoms with Gasteiger partial charge < -0.3 is 28.9 Å². The maximum Gasteiger partial charge on any atom is 0.229 e. The van der Waals surface area contributed by atoms with Crippen LogP contribution in [0, 0.1) is 0 Å². The second-order valence-corrected chi connectivity index (χ2v) is 6.74. The predicted octanol–water partition coefficient (Wildman–Crippen LogP) is 3.93. The third-order valence-corrected chi connectivity index (χ3v) is 4.86. The molecule has 158 valence electrons. The number of anilines is 2. The minimum atomic E-state index is 0.371. The number of benzene rings is 2. The van der Waals surface area contributed by atoms with E-state index in [9.17, 15) is 4.79 Å². The Balaban J connectivity index is 1.71. The molecule has 31 heavy (non-hydrogen) atoms. The highest BCUT2D eigenvalue weighted by Gasteiger charge is 2.14. The van der Waals surface area contributed by atoms with Gasteiger partial charge in [0.2, 0.25) is 11.7 Å². The van der Waals surface area contributed by atoms with Gasteiger partial charge in [0, 0.05) is 47.7 Å². The quantitative estimate of drug-likeness (QED) is 0.434. The van der Waals surface area contributed by atoms with Gasteiger partial charge in [0.05, 0.1) is 21.3 Å². The number of methoxy groups -OCH3 is 3. The molecule has 4 rings (SSSR count). The van der Waals surface area contributed by atoms with Gasteiger partial charge >= 0.3 is 0 Å². The van der Waals surface area contributed by atoms with Crippen LogP contribution in [0.15, 0.2) is 54.9 Å². The van der Waals surface area contributed by atoms with Crippen LogP contribution in [-0.4, -0.2) is 42.2 Å². The highest BCUT2D eigenvalue weighted by Crippen LogP contribution is 2.40. The topological polar surface area (TPSA) is 87.5 Å². The molecule has 0 atom stereocenters. The Morgan fingerprint density at radius 3 is 2.48 bits per heavy atom. The van der Waals surface area contributed by atoms with Crippen LogP contribution in [0.1, 0.15) is 5.56 Å². The average molecular weight is 418 g/mol. The molecule has 0 fully saturated rings. The molecule has 0 unspecified atom stereocenters. The van der Waals surface area contributed by atoms with Crippen molar-refractivity contribution in [3.63, 3.8) is 0 Å². The van der Waals surface area contributed by atoms with Gasteiger partial charge in [0.15, 0.2) is 11.5 Å². The Bertz CT molecular complexity index is 1210. The summed E-state index contributed by atoms with van der Waals surface area (Å²) in [6.45, 7) is 0. The van der Waals surface area contributed by atoms with Gasteiger partial charge in [0.25, 0.3) is 0 Å². The van der Waals surface area contributed by atoms with E-state index in [-0.39, 0.29) is 0 Å². The summed E-state index contributed by atoms with van der Waals surface area (Å²) in [6, 6.07) is 13.3. The number of aromatic nitrogens is 3. The van der Waals surface area contributed by atoms with Crippen LogP contribution in [0.4, 0.5) is 11.6 Å². The zero-order valence-electron chi connectivity index (χ0n) is 17.5. The third kappa shape index (κ3) is 4.00. The van der Waals surface area contributed by atoms with Crippen LogP contribution >= 0.6 is 0 Å². The molecule has 0 radical (unpaired) electrons. The van der Waals surface area contributed by atoms with Gasteiger partial charge in [-0.3, -0.25) is 0 Å². The third-order valence-electron chi connectivity index (χ3n) is 4.86. The highest BCUT2D eigenvalue weighted by atomic mass is 16.5. The summed E-state index contributed by atoms with van der Waals surface area (Å²) in [5.41, 5.74) is 3.30. The summed E-state index contributed by atoms with van der Waals surface area (Å²) in [7, 11) is 4.69. The van der Waals surface area contributed by atoms with Gasteiger partial charge in [-0.15, -0.1) is 0 Å². The molecule has 0 saturated heterocycles. The highest BCUT2D eigenvalue weighted by molar-refractivity contribution is 5.79. The van der Waals surface area contributed by atoms with E-state index in [1.807, 2.05) is 41.1 Å². The first-order valence-electron chi connectivity index (χ1n) is 9.61. The number of nitrogens with zero attached hydrogens (tertiary/aromatic N) is 3. The molecule has 8 heteroatoms. The lowest BCUT2D eigenvalue weighted by Crippen LogP contribution is -2.02. The monoisotopic (exact) mass is 418 g/mol. The zero-order valence-corrected chi connectivity index (χ0v) is 17.5. The largest absolute Gasteiger partial charge is 0.493 e. The minimum Gasteiger partial charge on any atom is -0.493 e. The summed E-state index contributed by atoms with van der Waals surface area (Å²) >= 11 is 0. The molecule has 0 spiro atoms. The Labute approximate surface area is 179 Å². The standard InChI is InChI=1S/C23H22N4O4/c1-29-19-12-17(13-20(30-2)21(19)31-3)25-23-24-14-16-7-9-27(22(16)26-23)18-6-4-5-15(11-18)8-10-28/h4-7,9-14H,8H2,1-3H3,(H,24,25,26). The summed E-state index contributed by atoms with van der Waals surface area (Å²) in [4.78, 5) is 20.0. The summed E-state index contributed by atoms with van der Waals surface area (Å²) in [5.74, 6) is 1.99. The molecule has 0 bridgehead atoms. The van der Waals surface area contributed by atoms with E-state index in [1.54, 1.807) is 39.7 Å². The van der Waals surface area contributed by atoms with Gasteiger partial charge in [-0.2, -0.15) is 4.98 Å². The van der Waals surface area contributed by atoms with E-state index in [4.69, 9.17) is 19.2 Å². The lowest BCUT2D eigenvalue weighted by molar-refractivity contribution is -0.107. The van der Waals surface area contributed by atoms with Gasteiger partial charge in [-0.1, -0.05) is 12.1 Å². The molecular weight excluding hydrogens is 396 g/mol. The fraction of sp³-hybridized carbons (Fsp3) is 0.174. The SMILES string of the molecule is COc1cc(Nc2ncc3ccn(-c4cccc(CC=O)c4)c3n2)cc(OC)c1OC. The van der Waals surface area contributed by atoms with Crippen LogP contribution in [0.5, 0.6) is 17.2 Å². The Morgan fingerprint density at radius 1 is 1.03 bits per heavy atom. The molecule has 0 aliphatic heterocycles. The first-order valence-corrected chi connectivity index (χ1v) is 9.61. The minimum absolute atomic E-state index is 0.371. The van der Waals surface area contributed by atoms with Crippen molar-refractivity contribution >= 4 is 29.0 Å². The molecule has 8 nitrogen and oxygen atoms in total. The lowest BCUT2D eigenvalue weighted by atomic mass is 10.1. The van der Waals surface area contributed by atoms with E-state index in [0.717, 1.165) is 28.6 Å². The smallest absolute Gasteiger partial charge is 0.229 e. The first-order chi connectivity index (χ1) is 15.2. The fourth-order valence-electron chi connectivity index (χ4n) is 3.40. The summed E-state index contributed by atoms with van der Waals surface area (Å²) in [6.07, 6.45) is 4.96. The van der Waals surface area contributed by atoms with Gasteiger partial charge in [-0.25, -0.2) is 4.98 Å². The van der Waals surface area contributed by atoms with Crippen LogP contribution in [0.2, 0.25) is 0 Å². The van der Waals surface area contributed by atoms with Crippen molar-refractivity contribution < 1.29 is 19.0 Å². The van der Waals surface area contributed by atoms with E-state index < -0.39 is 0 Å². The summed E-state index contributed by atoms with van der Waals surface area (Å²) < 4.78 is 18.1. The van der Waals surface area contributed by atoms with E-state index in [1.165, 1.54) is 0 Å². The molecule has 0 aliphatic carbocycles. The van der Waals surface area contributed by atoms with Crippen molar-refractivity contribution in [2.45, 2.75) is 6.42 Å². The molecule has 4 aromatic rings. The fourth-order valence-corrected chi connectivity index (χ4v) is 3.40. The number of aldehydes is 1. The Morgan fingerprint density at radius 2 is 1.81 bits per heavy atom. The molecular formula is C23H22N4O4. The lowest BCUT2D eigenvalue weighted by Gasteiger charge is -2.14. The van der Waals surface area contributed by atoms with Gasteiger partial charge in [0.1, 0.15) is 11.9 Å². The number of fused-ring (bicyclic) bond motifs is 1. The Kier molecular flexibility index (Phi) is 5.70. The molecule has 1 N–H and O–H groups in total.